The van der Waals surface area contributed by atoms with E-state index in [0.717, 1.165) is 22.6 Å². The molecule has 1 saturated carbocycles. The number of hydrogen-bond donors (Lipinski definition) is 1. The number of nitrogens with two attached hydrogens (primary N) is 1. The van der Waals surface area contributed by atoms with Crippen molar-refractivity contribution < 1.29 is 9.21 Å². The second kappa shape index (κ2) is 12.9. The van der Waals surface area contributed by atoms with Crippen molar-refractivity contribution in [3.05, 3.63) is 96.3 Å². The Morgan fingerprint density at radius 3 is 2.16 bits per heavy atom. The molecule has 4 aromatic rings. The third-order valence-electron chi connectivity index (χ3n) is 8.39. The van der Waals surface area contributed by atoms with Gasteiger partial charge < -0.3 is 15.1 Å². The highest BCUT2D eigenvalue weighted by atomic mass is 16.3. The highest BCUT2D eigenvalue weighted by Gasteiger charge is 2.24. The number of carbonyl (C=O) groups is 1. The minimum absolute atomic E-state index is 0.394. The minimum Gasteiger partial charge on any atom is -0.464 e. The minimum atomic E-state index is -0.394. The lowest BCUT2D eigenvalue weighted by molar-refractivity contribution is 0.100. The van der Waals surface area contributed by atoms with Gasteiger partial charge in [-0.05, 0) is 80.1 Å². The summed E-state index contributed by atoms with van der Waals surface area (Å²) in [5.74, 6) is 1.30. The lowest BCUT2D eigenvalue weighted by Crippen LogP contribution is -2.34. The molecule has 2 heterocycles. The summed E-state index contributed by atoms with van der Waals surface area (Å²) in [6.07, 6.45) is 13.4. The summed E-state index contributed by atoms with van der Waals surface area (Å²) in [7, 11) is 0. The zero-order valence-corrected chi connectivity index (χ0v) is 22.4. The second-order valence-corrected chi connectivity index (χ2v) is 10.9. The van der Waals surface area contributed by atoms with Crippen molar-refractivity contribution >= 4 is 16.9 Å². The summed E-state index contributed by atoms with van der Waals surface area (Å²) >= 11 is 0. The molecule has 1 saturated heterocycles. The predicted octanol–water partition coefficient (Wildman–Crippen LogP) is 8.04. The van der Waals surface area contributed by atoms with E-state index in [1.54, 1.807) is 12.1 Å². The fourth-order valence-corrected chi connectivity index (χ4v) is 6.08. The van der Waals surface area contributed by atoms with Gasteiger partial charge in [0.25, 0.3) is 0 Å². The van der Waals surface area contributed by atoms with Crippen LogP contribution < -0.4 is 5.73 Å². The van der Waals surface area contributed by atoms with Crippen LogP contribution in [0.25, 0.3) is 22.1 Å². The van der Waals surface area contributed by atoms with Gasteiger partial charge in [-0.1, -0.05) is 92.8 Å². The number of fused-ring (bicyclic) bond motifs is 1. The van der Waals surface area contributed by atoms with Crippen LogP contribution in [-0.2, 0) is 0 Å². The van der Waals surface area contributed by atoms with Gasteiger partial charge in [0, 0.05) is 16.5 Å². The van der Waals surface area contributed by atoms with E-state index in [1.165, 1.54) is 82.0 Å². The lowest BCUT2D eigenvalue weighted by atomic mass is 9.86. The number of amides is 1. The summed E-state index contributed by atoms with van der Waals surface area (Å²) in [5, 5.41) is 1.33. The van der Waals surface area contributed by atoms with Crippen LogP contribution in [0.15, 0.2) is 89.5 Å². The van der Waals surface area contributed by atoms with Gasteiger partial charge in [0.15, 0.2) is 0 Å². The number of primary amides is 1. The standard InChI is InChI=1S/C21H29NO.C13H11NO/c1-2-6-17(7-3-1)10-13-22-14-11-18(12-15-22)20-16-23-21-9-5-4-8-19(20)21;14-13(15)12-8-6-11(7-9-12)10-4-2-1-3-5-10/h4-5,8-9,16-18H,1-3,6-7,10-15H2;1-9H,(H2,14,15). The number of hydrogen-bond acceptors (Lipinski definition) is 3. The van der Waals surface area contributed by atoms with Gasteiger partial charge in [-0.2, -0.15) is 0 Å². The molecule has 1 aliphatic heterocycles. The Balaban J connectivity index is 0.000000170. The van der Waals surface area contributed by atoms with E-state index in [1.807, 2.05) is 48.7 Å². The Bertz CT molecular complexity index is 1280. The monoisotopic (exact) mass is 508 g/mol. The molecule has 1 aromatic heterocycles. The topological polar surface area (TPSA) is 59.5 Å². The fourth-order valence-electron chi connectivity index (χ4n) is 6.08. The second-order valence-electron chi connectivity index (χ2n) is 10.9. The Kier molecular flexibility index (Phi) is 8.93. The van der Waals surface area contributed by atoms with Crippen LogP contribution in [0, 0.1) is 5.92 Å². The van der Waals surface area contributed by atoms with Crippen LogP contribution in [0.2, 0.25) is 0 Å². The first-order chi connectivity index (χ1) is 18.7. The van der Waals surface area contributed by atoms with Crippen LogP contribution in [0.3, 0.4) is 0 Å². The van der Waals surface area contributed by atoms with E-state index < -0.39 is 5.91 Å². The SMILES string of the molecule is NC(=O)c1ccc(-c2ccccc2)cc1.c1ccc2c(C3CCN(CCC4CCCCC4)CC3)coc2c1. The van der Waals surface area contributed by atoms with Gasteiger partial charge in [-0.3, -0.25) is 4.79 Å². The molecule has 2 aliphatic rings. The average Bonchev–Trinajstić information content (AvgIpc) is 3.42. The maximum absolute atomic E-state index is 10.9. The molecule has 198 valence electrons. The Labute approximate surface area is 226 Å². The van der Waals surface area contributed by atoms with Crippen molar-refractivity contribution in [1.29, 1.82) is 0 Å². The summed E-state index contributed by atoms with van der Waals surface area (Å²) < 4.78 is 5.74. The first-order valence-corrected chi connectivity index (χ1v) is 14.3. The molecule has 1 aliphatic carbocycles. The summed E-state index contributed by atoms with van der Waals surface area (Å²) in [4.78, 5) is 13.6. The number of benzene rings is 3. The van der Waals surface area contributed by atoms with Gasteiger partial charge in [-0.25, -0.2) is 0 Å². The van der Waals surface area contributed by atoms with Crippen molar-refractivity contribution in [1.82, 2.24) is 4.90 Å². The third-order valence-corrected chi connectivity index (χ3v) is 8.39. The first kappa shape index (κ1) is 26.2. The van der Waals surface area contributed by atoms with E-state index in [4.69, 9.17) is 10.2 Å². The summed E-state index contributed by atoms with van der Waals surface area (Å²) in [6.45, 7) is 3.84. The lowest BCUT2D eigenvalue weighted by Gasteiger charge is -2.33. The van der Waals surface area contributed by atoms with Gasteiger partial charge in [-0.15, -0.1) is 0 Å². The average molecular weight is 509 g/mol. The number of rotatable bonds is 6. The molecule has 38 heavy (non-hydrogen) atoms. The van der Waals surface area contributed by atoms with Gasteiger partial charge in [0.2, 0.25) is 5.91 Å². The maximum atomic E-state index is 10.9. The highest BCUT2D eigenvalue weighted by molar-refractivity contribution is 5.93. The van der Waals surface area contributed by atoms with Crippen molar-refractivity contribution in [2.45, 2.75) is 57.3 Å². The number of likely N-dealkylation sites (tertiary alicyclic amines) is 1. The molecule has 1 amide bonds. The summed E-state index contributed by atoms with van der Waals surface area (Å²) in [6, 6.07) is 25.8. The first-order valence-electron chi connectivity index (χ1n) is 14.3. The number of para-hydroxylation sites is 1. The zero-order valence-electron chi connectivity index (χ0n) is 22.4. The molecule has 0 atom stereocenters. The molecule has 4 heteroatoms. The number of furan rings is 1. The molecule has 0 unspecified atom stereocenters. The van der Waals surface area contributed by atoms with Crippen molar-refractivity contribution in [3.8, 4) is 11.1 Å². The van der Waals surface area contributed by atoms with E-state index >= 15 is 0 Å². The largest absolute Gasteiger partial charge is 0.464 e. The van der Waals surface area contributed by atoms with Crippen LogP contribution in [0.5, 0.6) is 0 Å². The van der Waals surface area contributed by atoms with Gasteiger partial charge >= 0.3 is 0 Å². The molecule has 3 aromatic carbocycles. The predicted molar refractivity (Wildman–Crippen MR) is 156 cm³/mol. The van der Waals surface area contributed by atoms with Crippen LogP contribution in [0.1, 0.15) is 73.2 Å². The summed E-state index contributed by atoms with van der Waals surface area (Å²) in [5.41, 5.74) is 10.4. The number of carbonyl (C=O) groups excluding carboxylic acids is 1. The smallest absolute Gasteiger partial charge is 0.248 e. The van der Waals surface area contributed by atoms with E-state index in [2.05, 4.69) is 29.2 Å². The zero-order chi connectivity index (χ0) is 26.2. The van der Waals surface area contributed by atoms with Gasteiger partial charge in [0.05, 0.1) is 6.26 Å². The molecular weight excluding hydrogens is 468 g/mol. The fraction of sp³-hybridized carbons (Fsp3) is 0.382. The van der Waals surface area contributed by atoms with Crippen molar-refractivity contribution in [2.24, 2.45) is 11.7 Å². The normalized spacial score (nSPS) is 17.2. The molecule has 0 bridgehead atoms. The molecule has 2 N–H and O–H groups in total. The van der Waals surface area contributed by atoms with Crippen molar-refractivity contribution in [3.63, 3.8) is 0 Å². The Morgan fingerprint density at radius 2 is 1.45 bits per heavy atom. The molecule has 6 rings (SSSR count). The molecular formula is C34H40N2O2. The number of nitrogens with zero attached hydrogens (tertiary/aromatic N) is 1. The Morgan fingerprint density at radius 1 is 0.789 bits per heavy atom. The van der Waals surface area contributed by atoms with Crippen LogP contribution >= 0.6 is 0 Å². The third kappa shape index (κ3) is 6.73. The molecule has 4 nitrogen and oxygen atoms in total. The van der Waals surface area contributed by atoms with E-state index in [0.29, 0.717) is 11.5 Å². The highest BCUT2D eigenvalue weighted by Crippen LogP contribution is 2.35. The quantitative estimate of drug-likeness (QED) is 0.287. The maximum Gasteiger partial charge on any atom is 0.248 e. The van der Waals surface area contributed by atoms with Crippen molar-refractivity contribution in [2.75, 3.05) is 19.6 Å². The Hall–Kier alpha value is -3.37. The van der Waals surface area contributed by atoms with Gasteiger partial charge in [0.1, 0.15) is 5.58 Å². The van der Waals surface area contributed by atoms with Crippen LogP contribution in [-0.4, -0.2) is 30.4 Å². The number of piperidine rings is 1. The molecule has 0 spiro atoms. The van der Waals surface area contributed by atoms with E-state index in [-0.39, 0.29) is 0 Å². The van der Waals surface area contributed by atoms with Crippen LogP contribution in [0.4, 0.5) is 0 Å². The van der Waals surface area contributed by atoms with E-state index in [9.17, 15) is 4.79 Å². The molecule has 0 radical (unpaired) electrons. The molecule has 2 fully saturated rings.